The first-order valence-corrected chi connectivity index (χ1v) is 11.3. The minimum atomic E-state index is -1.65. The van der Waals surface area contributed by atoms with Crippen LogP contribution in [0.25, 0.3) is 11.0 Å². The summed E-state index contributed by atoms with van der Waals surface area (Å²) in [5.41, 5.74) is -0.793. The maximum absolute atomic E-state index is 16.0. The van der Waals surface area contributed by atoms with Crippen LogP contribution in [-0.4, -0.2) is 60.9 Å². The van der Waals surface area contributed by atoms with E-state index in [1.54, 1.807) is 17.9 Å². The molecule has 4 aliphatic rings. The van der Waals surface area contributed by atoms with E-state index < -0.39 is 41.2 Å². The lowest BCUT2D eigenvalue weighted by molar-refractivity contribution is -0.153. The largest absolute Gasteiger partial charge is 0.372 e. The summed E-state index contributed by atoms with van der Waals surface area (Å²) in [7, 11) is 0. The lowest BCUT2D eigenvalue weighted by Gasteiger charge is -2.55. The minimum Gasteiger partial charge on any atom is -0.372 e. The number of aromatic nitrogens is 1. The standard InChI is InChI=1S/C22H24FN5O5/c1-10-9-28-15-12(7-13-16(14(15)23)33-26-18(13)27-5-3-4-6-27)8-22(17(28)11(2)32-10)19(29)24-21(31)25-20(22)30/h7,10-11,17H,3-6,8-9H2,1-2H3,(H2,24,25,29,30,31)/t10-,11+,17-/m0/s1. The molecule has 0 aliphatic carbocycles. The van der Waals surface area contributed by atoms with Crippen molar-refractivity contribution in [3.05, 3.63) is 17.4 Å². The van der Waals surface area contributed by atoms with Crippen molar-refractivity contribution in [1.82, 2.24) is 15.8 Å². The van der Waals surface area contributed by atoms with Crippen LogP contribution in [0.3, 0.4) is 0 Å². The van der Waals surface area contributed by atoms with Gasteiger partial charge in [0.05, 0.1) is 29.3 Å². The Morgan fingerprint density at radius 3 is 2.55 bits per heavy atom. The van der Waals surface area contributed by atoms with E-state index in [0.29, 0.717) is 22.5 Å². The van der Waals surface area contributed by atoms with Crippen LogP contribution in [-0.2, 0) is 20.7 Å². The number of rotatable bonds is 1. The van der Waals surface area contributed by atoms with Crippen molar-refractivity contribution >= 4 is 40.3 Å². The van der Waals surface area contributed by atoms with Gasteiger partial charge in [0, 0.05) is 26.1 Å². The van der Waals surface area contributed by atoms with Crippen LogP contribution < -0.4 is 20.4 Å². The van der Waals surface area contributed by atoms with Crippen molar-refractivity contribution < 1.29 is 28.0 Å². The lowest BCUT2D eigenvalue weighted by Crippen LogP contribution is -2.75. The molecule has 0 radical (unpaired) electrons. The quantitative estimate of drug-likeness (QED) is 0.619. The number of carbonyl (C=O) groups excluding carboxylic acids is 3. The molecule has 0 unspecified atom stereocenters. The third-order valence-electron chi connectivity index (χ3n) is 7.35. The number of nitrogens with zero attached hydrogens (tertiary/aromatic N) is 3. The molecule has 3 saturated heterocycles. The second-order valence-electron chi connectivity index (χ2n) is 9.41. The van der Waals surface area contributed by atoms with Crippen molar-refractivity contribution in [3.63, 3.8) is 0 Å². The average molecular weight is 457 g/mol. The molecule has 0 saturated carbocycles. The fourth-order valence-electron chi connectivity index (χ4n) is 6.09. The van der Waals surface area contributed by atoms with Gasteiger partial charge in [0.2, 0.25) is 17.4 Å². The molecule has 33 heavy (non-hydrogen) atoms. The summed E-state index contributed by atoms with van der Waals surface area (Å²) in [6.07, 6.45) is 1.13. The number of amides is 4. The van der Waals surface area contributed by atoms with E-state index in [2.05, 4.69) is 20.7 Å². The van der Waals surface area contributed by atoms with Crippen LogP contribution in [0.4, 0.5) is 20.7 Å². The van der Waals surface area contributed by atoms with E-state index in [1.165, 1.54) is 0 Å². The number of ether oxygens (including phenoxy) is 1. The fourth-order valence-corrected chi connectivity index (χ4v) is 6.09. The zero-order chi connectivity index (χ0) is 23.1. The molecule has 3 atom stereocenters. The Morgan fingerprint density at radius 1 is 1.15 bits per heavy atom. The van der Waals surface area contributed by atoms with Gasteiger partial charge in [0.25, 0.3) is 0 Å². The molecule has 6 rings (SSSR count). The van der Waals surface area contributed by atoms with Gasteiger partial charge in [-0.3, -0.25) is 20.2 Å². The number of benzene rings is 1. The SMILES string of the molecule is C[C@H]1CN2c3c(cc4c(N5CCCC5)noc4c3F)CC3(C(=O)NC(=O)NC3=O)[C@@H]2[C@@H](C)O1. The van der Waals surface area contributed by atoms with E-state index in [0.717, 1.165) is 25.9 Å². The summed E-state index contributed by atoms with van der Waals surface area (Å²) in [5.74, 6) is -1.40. The maximum atomic E-state index is 16.0. The Kier molecular flexibility index (Phi) is 4.26. The van der Waals surface area contributed by atoms with Crippen LogP contribution in [0.2, 0.25) is 0 Å². The number of nitrogens with one attached hydrogen (secondary N) is 2. The van der Waals surface area contributed by atoms with Crippen molar-refractivity contribution in [2.24, 2.45) is 5.41 Å². The maximum Gasteiger partial charge on any atom is 0.328 e. The molecule has 3 fully saturated rings. The molecule has 1 aromatic heterocycles. The Morgan fingerprint density at radius 2 is 1.85 bits per heavy atom. The molecule has 1 spiro atoms. The highest BCUT2D eigenvalue weighted by Crippen LogP contribution is 2.49. The van der Waals surface area contributed by atoms with E-state index in [9.17, 15) is 14.4 Å². The summed E-state index contributed by atoms with van der Waals surface area (Å²) in [6.45, 7) is 5.49. The second kappa shape index (κ2) is 6.89. The van der Waals surface area contributed by atoms with Crippen LogP contribution in [0.5, 0.6) is 0 Å². The number of anilines is 2. The van der Waals surface area contributed by atoms with E-state index in [1.807, 2.05) is 6.92 Å². The summed E-state index contributed by atoms with van der Waals surface area (Å²) >= 11 is 0. The summed E-state index contributed by atoms with van der Waals surface area (Å²) in [6, 6.07) is 0.113. The molecular formula is C22H24FN5O5. The van der Waals surface area contributed by atoms with Gasteiger partial charge >= 0.3 is 6.03 Å². The van der Waals surface area contributed by atoms with Gasteiger partial charge in [0.1, 0.15) is 0 Å². The molecular weight excluding hydrogens is 433 g/mol. The van der Waals surface area contributed by atoms with Gasteiger partial charge in [-0.05, 0) is 38.3 Å². The number of imide groups is 2. The molecule has 2 aromatic rings. The highest BCUT2D eigenvalue weighted by atomic mass is 19.1. The molecule has 1 aromatic carbocycles. The van der Waals surface area contributed by atoms with Gasteiger partial charge in [0.15, 0.2) is 17.1 Å². The van der Waals surface area contributed by atoms with Gasteiger partial charge in [-0.25, -0.2) is 9.18 Å². The van der Waals surface area contributed by atoms with Crippen molar-refractivity contribution in [2.45, 2.75) is 51.4 Å². The highest BCUT2D eigenvalue weighted by Gasteiger charge is 2.63. The first-order valence-electron chi connectivity index (χ1n) is 11.3. The third-order valence-corrected chi connectivity index (χ3v) is 7.35. The van der Waals surface area contributed by atoms with Gasteiger partial charge in [-0.15, -0.1) is 0 Å². The fraction of sp³-hybridized carbons (Fsp3) is 0.545. The Hall–Kier alpha value is -3.21. The smallest absolute Gasteiger partial charge is 0.328 e. The van der Waals surface area contributed by atoms with E-state index in [4.69, 9.17) is 9.26 Å². The van der Waals surface area contributed by atoms with Crippen LogP contribution in [0, 0.1) is 11.2 Å². The zero-order valence-corrected chi connectivity index (χ0v) is 18.3. The number of fused-ring (bicyclic) bond motifs is 5. The second-order valence-corrected chi connectivity index (χ2v) is 9.41. The Bertz CT molecular complexity index is 1190. The van der Waals surface area contributed by atoms with Gasteiger partial charge in [-0.1, -0.05) is 5.16 Å². The number of carbonyl (C=O) groups is 3. The summed E-state index contributed by atoms with van der Waals surface area (Å²) in [5, 5.41) is 9.16. The lowest BCUT2D eigenvalue weighted by atomic mass is 9.66. The number of hydrogen-bond acceptors (Lipinski definition) is 8. The predicted molar refractivity (Wildman–Crippen MR) is 114 cm³/mol. The number of morpholine rings is 1. The Balaban J connectivity index is 1.58. The minimum absolute atomic E-state index is 0.0601. The third kappa shape index (κ3) is 2.68. The van der Waals surface area contributed by atoms with Gasteiger partial charge in [-0.2, -0.15) is 0 Å². The van der Waals surface area contributed by atoms with E-state index >= 15 is 4.39 Å². The molecule has 4 amide bonds. The Labute approximate surface area is 188 Å². The highest BCUT2D eigenvalue weighted by molar-refractivity contribution is 6.20. The molecule has 2 N–H and O–H groups in total. The topological polar surface area (TPSA) is 117 Å². The first kappa shape index (κ1) is 20.4. The summed E-state index contributed by atoms with van der Waals surface area (Å²) < 4.78 is 27.4. The normalized spacial score (nSPS) is 28.7. The summed E-state index contributed by atoms with van der Waals surface area (Å²) in [4.78, 5) is 42.1. The van der Waals surface area contributed by atoms with Crippen molar-refractivity contribution in [1.29, 1.82) is 0 Å². The molecule has 11 heteroatoms. The van der Waals surface area contributed by atoms with Crippen LogP contribution in [0.15, 0.2) is 10.6 Å². The first-order chi connectivity index (χ1) is 15.8. The molecule has 174 valence electrons. The molecule has 4 aliphatic heterocycles. The average Bonchev–Trinajstić information content (AvgIpc) is 3.41. The molecule has 10 nitrogen and oxygen atoms in total. The molecule has 5 heterocycles. The zero-order valence-electron chi connectivity index (χ0n) is 18.3. The number of urea groups is 1. The van der Waals surface area contributed by atoms with Crippen LogP contribution >= 0.6 is 0 Å². The van der Waals surface area contributed by atoms with Gasteiger partial charge < -0.3 is 19.1 Å². The molecule has 0 bridgehead atoms. The number of halogens is 1. The monoisotopic (exact) mass is 457 g/mol. The van der Waals surface area contributed by atoms with Crippen LogP contribution in [0.1, 0.15) is 32.3 Å². The number of barbiturate groups is 1. The van der Waals surface area contributed by atoms with E-state index in [-0.39, 0.29) is 24.7 Å². The van der Waals surface area contributed by atoms with Crippen molar-refractivity contribution in [3.8, 4) is 0 Å². The van der Waals surface area contributed by atoms with Crippen molar-refractivity contribution in [2.75, 3.05) is 29.4 Å². The predicted octanol–water partition coefficient (Wildman–Crippen LogP) is 1.46. The number of hydrogen-bond donors (Lipinski definition) is 2.